The van der Waals surface area contributed by atoms with Gasteiger partial charge in [-0.2, -0.15) is 0 Å². The van der Waals surface area contributed by atoms with Crippen molar-refractivity contribution >= 4 is 28.7 Å². The first-order valence-electron chi connectivity index (χ1n) is 5.29. The van der Waals surface area contributed by atoms with Crippen LogP contribution < -0.4 is 10.6 Å². The molecule has 0 fully saturated rings. The fourth-order valence-corrected chi connectivity index (χ4v) is 1.81. The smallest absolute Gasteiger partial charge is 0.166 e. The Labute approximate surface area is 105 Å². The first kappa shape index (κ1) is 13.3. The predicted molar refractivity (Wildman–Crippen MR) is 70.7 cm³/mol. The second-order valence-corrected chi connectivity index (χ2v) is 4.27. The molecular weight excluding hydrogens is 242 g/mol. The van der Waals surface area contributed by atoms with Crippen LogP contribution in [0.15, 0.2) is 10.9 Å². The molecule has 1 rings (SSSR count). The van der Waals surface area contributed by atoms with Gasteiger partial charge in [-0.05, 0) is 25.6 Å². The van der Waals surface area contributed by atoms with Crippen LogP contribution in [0.3, 0.4) is 0 Å². The fraction of sp³-hybridized carbons (Fsp3) is 0.600. The molecule has 0 aliphatic heterocycles. The molecule has 4 nitrogen and oxygen atoms in total. The molecule has 0 aliphatic rings. The quantitative estimate of drug-likeness (QED) is 0.574. The Bertz CT molecular complexity index is 290. The van der Waals surface area contributed by atoms with Crippen molar-refractivity contribution in [2.75, 3.05) is 19.8 Å². The van der Waals surface area contributed by atoms with E-state index >= 15 is 0 Å². The van der Waals surface area contributed by atoms with Gasteiger partial charge < -0.3 is 15.4 Å². The highest BCUT2D eigenvalue weighted by Crippen LogP contribution is 1.99. The Kier molecular flexibility index (Phi) is 7.03. The van der Waals surface area contributed by atoms with Crippen molar-refractivity contribution < 1.29 is 4.74 Å². The standard InChI is InChI=1S/C10H17N3OS2/c1-2-14-5-3-4-11-10(15)12-6-9-7-16-8-13-9/h7-8H,2-6H2,1H3,(H2,11,12,15). The van der Waals surface area contributed by atoms with Crippen LogP contribution in [0.1, 0.15) is 19.0 Å². The molecule has 0 amide bonds. The molecule has 0 saturated heterocycles. The molecule has 6 heteroatoms. The van der Waals surface area contributed by atoms with E-state index in [0.717, 1.165) is 31.9 Å². The highest BCUT2D eigenvalue weighted by atomic mass is 32.1. The lowest BCUT2D eigenvalue weighted by Gasteiger charge is -2.09. The average Bonchev–Trinajstić information content (AvgIpc) is 2.79. The molecule has 0 saturated carbocycles. The van der Waals surface area contributed by atoms with E-state index in [0.29, 0.717) is 11.7 Å². The van der Waals surface area contributed by atoms with E-state index in [4.69, 9.17) is 17.0 Å². The van der Waals surface area contributed by atoms with Gasteiger partial charge in [0.05, 0.1) is 17.7 Å². The van der Waals surface area contributed by atoms with E-state index in [1.165, 1.54) is 0 Å². The van der Waals surface area contributed by atoms with Crippen molar-refractivity contribution in [2.45, 2.75) is 19.9 Å². The van der Waals surface area contributed by atoms with Crippen molar-refractivity contribution in [1.29, 1.82) is 0 Å². The number of hydrogen-bond acceptors (Lipinski definition) is 4. The monoisotopic (exact) mass is 259 g/mol. The Morgan fingerprint density at radius 1 is 1.56 bits per heavy atom. The van der Waals surface area contributed by atoms with Gasteiger partial charge >= 0.3 is 0 Å². The highest BCUT2D eigenvalue weighted by Gasteiger charge is 1.97. The summed E-state index contributed by atoms with van der Waals surface area (Å²) in [6.45, 7) is 5.06. The van der Waals surface area contributed by atoms with Crippen LogP contribution in [-0.2, 0) is 11.3 Å². The van der Waals surface area contributed by atoms with Gasteiger partial charge in [0, 0.05) is 25.1 Å². The second kappa shape index (κ2) is 8.43. The number of rotatable bonds is 7. The summed E-state index contributed by atoms with van der Waals surface area (Å²) in [7, 11) is 0. The number of thiocarbonyl (C=S) groups is 1. The van der Waals surface area contributed by atoms with Crippen LogP contribution in [-0.4, -0.2) is 29.9 Å². The van der Waals surface area contributed by atoms with Gasteiger partial charge in [0.2, 0.25) is 0 Å². The minimum atomic E-state index is 0.671. The number of nitrogens with one attached hydrogen (secondary N) is 2. The van der Waals surface area contributed by atoms with Gasteiger partial charge in [-0.15, -0.1) is 11.3 Å². The minimum Gasteiger partial charge on any atom is -0.382 e. The molecule has 0 aromatic carbocycles. The largest absolute Gasteiger partial charge is 0.382 e. The van der Waals surface area contributed by atoms with E-state index in [2.05, 4.69) is 15.6 Å². The first-order chi connectivity index (χ1) is 7.83. The summed E-state index contributed by atoms with van der Waals surface area (Å²) in [5, 5.41) is 8.90. The van der Waals surface area contributed by atoms with E-state index in [1.54, 1.807) is 11.3 Å². The van der Waals surface area contributed by atoms with E-state index in [9.17, 15) is 0 Å². The first-order valence-corrected chi connectivity index (χ1v) is 6.64. The van der Waals surface area contributed by atoms with Crippen molar-refractivity contribution in [3.8, 4) is 0 Å². The molecule has 0 unspecified atom stereocenters. The van der Waals surface area contributed by atoms with Gasteiger partial charge in [-0.3, -0.25) is 0 Å². The van der Waals surface area contributed by atoms with Gasteiger partial charge in [0.25, 0.3) is 0 Å². The third-order valence-electron chi connectivity index (χ3n) is 1.87. The summed E-state index contributed by atoms with van der Waals surface area (Å²) in [6.07, 6.45) is 0.965. The van der Waals surface area contributed by atoms with Crippen LogP contribution in [0.2, 0.25) is 0 Å². The topological polar surface area (TPSA) is 46.2 Å². The molecule has 1 aromatic rings. The average molecular weight is 259 g/mol. The molecule has 0 atom stereocenters. The molecule has 1 heterocycles. The predicted octanol–water partition coefficient (Wildman–Crippen LogP) is 1.53. The zero-order chi connectivity index (χ0) is 11.6. The SMILES string of the molecule is CCOCCCNC(=S)NCc1cscn1. The summed E-state index contributed by atoms with van der Waals surface area (Å²) < 4.78 is 5.22. The molecule has 0 aliphatic carbocycles. The Hall–Kier alpha value is -0.720. The summed E-state index contributed by atoms with van der Waals surface area (Å²) in [5.41, 5.74) is 2.83. The van der Waals surface area contributed by atoms with Crippen LogP contribution in [0, 0.1) is 0 Å². The summed E-state index contributed by atoms with van der Waals surface area (Å²) >= 11 is 6.70. The van der Waals surface area contributed by atoms with Crippen LogP contribution >= 0.6 is 23.6 Å². The van der Waals surface area contributed by atoms with Gasteiger partial charge in [-0.1, -0.05) is 0 Å². The normalized spacial score (nSPS) is 10.1. The number of nitrogens with zero attached hydrogens (tertiary/aromatic N) is 1. The molecular formula is C10H17N3OS2. The number of hydrogen-bond donors (Lipinski definition) is 2. The van der Waals surface area contributed by atoms with Crippen molar-refractivity contribution in [1.82, 2.24) is 15.6 Å². The van der Waals surface area contributed by atoms with Crippen molar-refractivity contribution in [3.05, 3.63) is 16.6 Å². The zero-order valence-corrected chi connectivity index (χ0v) is 11.0. The lowest BCUT2D eigenvalue weighted by atomic mass is 10.4. The van der Waals surface area contributed by atoms with Gasteiger partial charge in [0.15, 0.2) is 5.11 Å². The second-order valence-electron chi connectivity index (χ2n) is 3.14. The maximum Gasteiger partial charge on any atom is 0.166 e. The summed E-state index contributed by atoms with van der Waals surface area (Å²) in [6, 6.07) is 0. The molecule has 16 heavy (non-hydrogen) atoms. The molecule has 90 valence electrons. The van der Waals surface area contributed by atoms with Crippen LogP contribution in [0.4, 0.5) is 0 Å². The maximum atomic E-state index is 5.22. The fourth-order valence-electron chi connectivity index (χ4n) is 1.08. The lowest BCUT2D eigenvalue weighted by molar-refractivity contribution is 0.145. The van der Waals surface area contributed by atoms with E-state index in [1.807, 2.05) is 17.8 Å². The minimum absolute atomic E-state index is 0.671. The maximum absolute atomic E-state index is 5.22. The van der Waals surface area contributed by atoms with Crippen molar-refractivity contribution in [2.24, 2.45) is 0 Å². The van der Waals surface area contributed by atoms with Gasteiger partial charge in [0.1, 0.15) is 0 Å². The van der Waals surface area contributed by atoms with E-state index < -0.39 is 0 Å². The van der Waals surface area contributed by atoms with Crippen LogP contribution in [0.5, 0.6) is 0 Å². The number of aromatic nitrogens is 1. The zero-order valence-electron chi connectivity index (χ0n) is 9.36. The molecule has 0 spiro atoms. The Balaban J connectivity index is 1.99. The summed E-state index contributed by atoms with van der Waals surface area (Å²) in [5.74, 6) is 0. The molecule has 1 aromatic heterocycles. The lowest BCUT2D eigenvalue weighted by Crippen LogP contribution is -2.35. The molecule has 2 N–H and O–H groups in total. The molecule has 0 bridgehead atoms. The van der Waals surface area contributed by atoms with E-state index in [-0.39, 0.29) is 0 Å². The summed E-state index contributed by atoms with van der Waals surface area (Å²) in [4.78, 5) is 4.16. The van der Waals surface area contributed by atoms with Crippen LogP contribution in [0.25, 0.3) is 0 Å². The van der Waals surface area contributed by atoms with Gasteiger partial charge in [-0.25, -0.2) is 4.98 Å². The number of thiazole rings is 1. The highest BCUT2D eigenvalue weighted by molar-refractivity contribution is 7.80. The number of ether oxygens (including phenoxy) is 1. The Morgan fingerprint density at radius 3 is 3.12 bits per heavy atom. The Morgan fingerprint density at radius 2 is 2.44 bits per heavy atom. The van der Waals surface area contributed by atoms with Crippen molar-refractivity contribution in [3.63, 3.8) is 0 Å². The third kappa shape index (κ3) is 5.99. The molecule has 0 radical (unpaired) electrons. The third-order valence-corrected chi connectivity index (χ3v) is 2.79.